The second kappa shape index (κ2) is 11.2. The van der Waals surface area contributed by atoms with Crippen LogP contribution in [-0.2, 0) is 4.79 Å². The summed E-state index contributed by atoms with van der Waals surface area (Å²) in [5.74, 6) is 0.116. The van der Waals surface area contributed by atoms with Gasteiger partial charge in [-0.25, -0.2) is 0 Å². The van der Waals surface area contributed by atoms with Gasteiger partial charge in [0.05, 0.1) is 0 Å². The van der Waals surface area contributed by atoms with Gasteiger partial charge in [-0.15, -0.1) is 0 Å². The molecule has 0 atom stereocenters. The van der Waals surface area contributed by atoms with E-state index in [9.17, 15) is 4.79 Å². The lowest BCUT2D eigenvalue weighted by molar-refractivity contribution is -0.120. The Balaban J connectivity index is 3.22. The number of amides is 1. The van der Waals surface area contributed by atoms with Crippen molar-refractivity contribution in [2.24, 2.45) is 5.73 Å². The highest BCUT2D eigenvalue weighted by Crippen LogP contribution is 1.91. The topological polar surface area (TPSA) is 67.2 Å². The Morgan fingerprint density at radius 1 is 1.27 bits per heavy atom. The summed E-state index contributed by atoms with van der Waals surface area (Å²) in [5.41, 5.74) is 5.31. The lowest BCUT2D eigenvalue weighted by Gasteiger charge is -2.04. The molecular formula is C11H23N3O. The van der Waals surface area contributed by atoms with Crippen molar-refractivity contribution >= 4 is 5.91 Å². The van der Waals surface area contributed by atoms with E-state index in [0.29, 0.717) is 19.5 Å². The van der Waals surface area contributed by atoms with Crippen LogP contribution >= 0.6 is 0 Å². The zero-order valence-corrected chi connectivity index (χ0v) is 9.59. The van der Waals surface area contributed by atoms with Gasteiger partial charge in [-0.2, -0.15) is 0 Å². The summed E-state index contributed by atoms with van der Waals surface area (Å²) < 4.78 is 0. The molecule has 0 aromatic carbocycles. The van der Waals surface area contributed by atoms with Gasteiger partial charge >= 0.3 is 0 Å². The average molecular weight is 213 g/mol. The SMILES string of the molecule is CC/C=C/CCC(=O)NCCNCCN. The molecule has 0 aromatic heterocycles. The minimum Gasteiger partial charge on any atom is -0.355 e. The van der Waals surface area contributed by atoms with Gasteiger partial charge in [-0.05, 0) is 12.8 Å². The fourth-order valence-electron chi connectivity index (χ4n) is 1.10. The standard InChI is InChI=1S/C11H23N3O/c1-2-3-4-5-6-11(15)14-10-9-13-8-7-12/h3-4,13H,2,5-10,12H2,1H3,(H,14,15)/b4-3+. The highest BCUT2D eigenvalue weighted by Gasteiger charge is 1.97. The fraction of sp³-hybridized carbons (Fsp3) is 0.727. The number of carbonyl (C=O) groups is 1. The van der Waals surface area contributed by atoms with Gasteiger partial charge in [-0.3, -0.25) is 4.79 Å². The highest BCUT2D eigenvalue weighted by molar-refractivity contribution is 5.75. The lowest BCUT2D eigenvalue weighted by Crippen LogP contribution is -2.33. The second-order valence-electron chi connectivity index (χ2n) is 3.31. The molecule has 0 radical (unpaired) electrons. The van der Waals surface area contributed by atoms with E-state index in [0.717, 1.165) is 25.9 Å². The van der Waals surface area contributed by atoms with Crippen LogP contribution in [0.1, 0.15) is 26.2 Å². The third-order valence-corrected chi connectivity index (χ3v) is 1.89. The molecule has 15 heavy (non-hydrogen) atoms. The van der Waals surface area contributed by atoms with E-state index in [2.05, 4.69) is 23.6 Å². The van der Waals surface area contributed by atoms with Gasteiger partial charge in [0.15, 0.2) is 0 Å². The smallest absolute Gasteiger partial charge is 0.220 e. The molecule has 0 heterocycles. The maximum Gasteiger partial charge on any atom is 0.220 e. The summed E-state index contributed by atoms with van der Waals surface area (Å²) >= 11 is 0. The molecule has 0 rings (SSSR count). The van der Waals surface area contributed by atoms with Crippen LogP contribution in [0, 0.1) is 0 Å². The molecule has 0 bridgehead atoms. The number of hydrogen-bond donors (Lipinski definition) is 3. The summed E-state index contributed by atoms with van der Waals surface area (Å²) in [6.45, 7) is 4.98. The Labute approximate surface area is 92.3 Å². The van der Waals surface area contributed by atoms with Crippen LogP contribution < -0.4 is 16.4 Å². The van der Waals surface area contributed by atoms with Gasteiger partial charge < -0.3 is 16.4 Å². The summed E-state index contributed by atoms with van der Waals surface area (Å²) in [7, 11) is 0. The first kappa shape index (κ1) is 14.1. The number of hydrogen-bond acceptors (Lipinski definition) is 3. The Bertz CT molecular complexity index is 181. The molecule has 0 aromatic rings. The molecule has 0 aliphatic heterocycles. The first-order valence-corrected chi connectivity index (χ1v) is 5.63. The Morgan fingerprint density at radius 3 is 2.73 bits per heavy atom. The zero-order valence-electron chi connectivity index (χ0n) is 9.59. The van der Waals surface area contributed by atoms with E-state index in [-0.39, 0.29) is 5.91 Å². The zero-order chi connectivity index (χ0) is 11.4. The van der Waals surface area contributed by atoms with Gasteiger partial charge in [0.25, 0.3) is 0 Å². The average Bonchev–Trinajstić information content (AvgIpc) is 2.24. The van der Waals surface area contributed by atoms with Crippen molar-refractivity contribution in [3.8, 4) is 0 Å². The lowest BCUT2D eigenvalue weighted by atomic mass is 10.2. The predicted molar refractivity (Wildman–Crippen MR) is 63.6 cm³/mol. The second-order valence-corrected chi connectivity index (χ2v) is 3.31. The number of nitrogens with one attached hydrogen (secondary N) is 2. The van der Waals surface area contributed by atoms with Gasteiger partial charge in [0, 0.05) is 32.6 Å². The van der Waals surface area contributed by atoms with E-state index in [1.807, 2.05) is 6.08 Å². The molecule has 0 aliphatic rings. The maximum absolute atomic E-state index is 11.2. The first-order chi connectivity index (χ1) is 7.31. The van der Waals surface area contributed by atoms with Gasteiger partial charge in [0.1, 0.15) is 0 Å². The molecular weight excluding hydrogens is 190 g/mol. The Kier molecular flexibility index (Phi) is 10.6. The van der Waals surface area contributed by atoms with Gasteiger partial charge in [0.2, 0.25) is 5.91 Å². The summed E-state index contributed by atoms with van der Waals surface area (Å²) in [5, 5.41) is 5.96. The molecule has 88 valence electrons. The molecule has 0 aliphatic carbocycles. The van der Waals surface area contributed by atoms with E-state index in [1.54, 1.807) is 0 Å². The normalized spacial score (nSPS) is 10.8. The van der Waals surface area contributed by atoms with Crippen LogP contribution in [0.2, 0.25) is 0 Å². The van der Waals surface area contributed by atoms with Crippen molar-refractivity contribution < 1.29 is 4.79 Å². The van der Waals surface area contributed by atoms with Crippen LogP contribution in [0.3, 0.4) is 0 Å². The molecule has 1 amide bonds. The molecule has 0 saturated heterocycles. The van der Waals surface area contributed by atoms with Crippen molar-refractivity contribution in [1.29, 1.82) is 0 Å². The first-order valence-electron chi connectivity index (χ1n) is 5.63. The maximum atomic E-state index is 11.2. The molecule has 0 saturated carbocycles. The monoisotopic (exact) mass is 213 g/mol. The third kappa shape index (κ3) is 11.1. The molecule has 4 N–H and O–H groups in total. The summed E-state index contributed by atoms with van der Waals surface area (Å²) in [4.78, 5) is 11.2. The molecule has 0 spiro atoms. The van der Waals surface area contributed by atoms with E-state index >= 15 is 0 Å². The van der Waals surface area contributed by atoms with Crippen molar-refractivity contribution in [3.05, 3.63) is 12.2 Å². The fourth-order valence-corrected chi connectivity index (χ4v) is 1.10. The van der Waals surface area contributed by atoms with Crippen molar-refractivity contribution in [2.75, 3.05) is 26.2 Å². The molecule has 0 unspecified atom stereocenters. The van der Waals surface area contributed by atoms with Crippen molar-refractivity contribution in [1.82, 2.24) is 10.6 Å². The van der Waals surface area contributed by atoms with Gasteiger partial charge in [-0.1, -0.05) is 19.1 Å². The highest BCUT2D eigenvalue weighted by atomic mass is 16.1. The van der Waals surface area contributed by atoms with Crippen LogP contribution in [0.5, 0.6) is 0 Å². The van der Waals surface area contributed by atoms with Crippen LogP contribution in [0.4, 0.5) is 0 Å². The minimum atomic E-state index is 0.116. The van der Waals surface area contributed by atoms with Crippen molar-refractivity contribution in [3.63, 3.8) is 0 Å². The Morgan fingerprint density at radius 2 is 2.07 bits per heavy atom. The minimum absolute atomic E-state index is 0.116. The van der Waals surface area contributed by atoms with E-state index < -0.39 is 0 Å². The Hall–Kier alpha value is -0.870. The number of nitrogens with two attached hydrogens (primary N) is 1. The largest absolute Gasteiger partial charge is 0.355 e. The number of carbonyl (C=O) groups excluding carboxylic acids is 1. The van der Waals surface area contributed by atoms with Crippen LogP contribution in [-0.4, -0.2) is 32.1 Å². The summed E-state index contributed by atoms with van der Waals surface area (Å²) in [6, 6.07) is 0. The van der Waals surface area contributed by atoms with Crippen molar-refractivity contribution in [2.45, 2.75) is 26.2 Å². The van der Waals surface area contributed by atoms with E-state index in [4.69, 9.17) is 5.73 Å². The molecule has 4 nitrogen and oxygen atoms in total. The predicted octanol–water partition coefficient (Wildman–Crippen LogP) is 0.397. The molecule has 0 fully saturated rings. The summed E-state index contributed by atoms with van der Waals surface area (Å²) in [6.07, 6.45) is 6.57. The molecule has 4 heteroatoms. The number of rotatable bonds is 9. The van der Waals surface area contributed by atoms with Crippen LogP contribution in [0.25, 0.3) is 0 Å². The third-order valence-electron chi connectivity index (χ3n) is 1.89. The van der Waals surface area contributed by atoms with Crippen LogP contribution in [0.15, 0.2) is 12.2 Å². The van der Waals surface area contributed by atoms with E-state index in [1.165, 1.54) is 0 Å². The number of allylic oxidation sites excluding steroid dienone is 2. The quantitative estimate of drug-likeness (QED) is 0.383.